The van der Waals surface area contributed by atoms with Gasteiger partial charge in [-0.3, -0.25) is 10.1 Å². The molecular formula is C17H19BrN4O3. The molecule has 0 atom stereocenters. The number of aromatic nitrogens is 1. The smallest absolute Gasteiger partial charge is 0.290 e. The van der Waals surface area contributed by atoms with Gasteiger partial charge in [0.2, 0.25) is 0 Å². The lowest BCUT2D eigenvalue weighted by atomic mass is 10.1. The fourth-order valence-electron chi connectivity index (χ4n) is 2.81. The van der Waals surface area contributed by atoms with E-state index in [0.29, 0.717) is 17.9 Å². The summed E-state index contributed by atoms with van der Waals surface area (Å²) < 4.78 is 6.46. The van der Waals surface area contributed by atoms with Crippen molar-refractivity contribution >= 4 is 33.1 Å². The van der Waals surface area contributed by atoms with E-state index in [1.165, 1.54) is 6.20 Å². The minimum atomic E-state index is -0.419. The van der Waals surface area contributed by atoms with Crippen LogP contribution >= 0.6 is 15.9 Å². The molecule has 0 amide bonds. The number of hydrogen-bond donors (Lipinski definition) is 1. The number of nitrogens with one attached hydrogen (secondary N) is 1. The van der Waals surface area contributed by atoms with Crippen molar-refractivity contribution in [2.45, 2.75) is 13.5 Å². The molecular weight excluding hydrogens is 388 g/mol. The Kier molecular flexibility index (Phi) is 5.50. The second kappa shape index (κ2) is 7.79. The van der Waals surface area contributed by atoms with Crippen LogP contribution in [0, 0.1) is 17.0 Å². The van der Waals surface area contributed by atoms with E-state index in [2.05, 4.69) is 43.3 Å². The maximum absolute atomic E-state index is 10.9. The molecule has 132 valence electrons. The summed E-state index contributed by atoms with van der Waals surface area (Å²) in [7, 11) is 0. The van der Waals surface area contributed by atoms with Crippen LogP contribution in [-0.2, 0) is 11.3 Å². The van der Waals surface area contributed by atoms with Gasteiger partial charge in [0, 0.05) is 35.4 Å². The summed E-state index contributed by atoms with van der Waals surface area (Å²) in [4.78, 5) is 16.9. The number of hydrogen-bond acceptors (Lipinski definition) is 6. The van der Waals surface area contributed by atoms with Crippen molar-refractivity contribution in [2.24, 2.45) is 0 Å². The topological polar surface area (TPSA) is 80.5 Å². The van der Waals surface area contributed by atoms with Gasteiger partial charge in [0.25, 0.3) is 5.69 Å². The molecule has 0 unspecified atom stereocenters. The lowest BCUT2D eigenvalue weighted by Gasteiger charge is -2.31. The zero-order valence-electron chi connectivity index (χ0n) is 13.9. The Morgan fingerprint density at radius 1 is 1.36 bits per heavy atom. The highest BCUT2D eigenvalue weighted by Crippen LogP contribution is 2.27. The van der Waals surface area contributed by atoms with Gasteiger partial charge in [-0.25, -0.2) is 4.98 Å². The molecule has 2 aromatic rings. The maximum atomic E-state index is 10.9. The first-order chi connectivity index (χ1) is 12.0. The van der Waals surface area contributed by atoms with Gasteiger partial charge in [0.1, 0.15) is 12.0 Å². The third kappa shape index (κ3) is 4.26. The minimum Gasteiger partial charge on any atom is -0.378 e. The molecule has 0 spiro atoms. The van der Waals surface area contributed by atoms with Crippen molar-refractivity contribution in [3.05, 3.63) is 56.2 Å². The number of nitro groups is 1. The van der Waals surface area contributed by atoms with Gasteiger partial charge in [-0.2, -0.15) is 0 Å². The Labute approximate surface area is 154 Å². The zero-order chi connectivity index (χ0) is 17.8. The predicted octanol–water partition coefficient (Wildman–Crippen LogP) is 3.51. The van der Waals surface area contributed by atoms with Crippen LogP contribution in [0.1, 0.15) is 11.1 Å². The molecule has 1 fully saturated rings. The van der Waals surface area contributed by atoms with Crippen LogP contribution in [-0.4, -0.2) is 36.2 Å². The van der Waals surface area contributed by atoms with Crippen LogP contribution in [0.4, 0.5) is 17.2 Å². The van der Waals surface area contributed by atoms with E-state index >= 15 is 0 Å². The van der Waals surface area contributed by atoms with Crippen molar-refractivity contribution in [3.8, 4) is 0 Å². The van der Waals surface area contributed by atoms with Gasteiger partial charge in [-0.05, 0) is 30.7 Å². The SMILES string of the molecule is Cc1cc(NCc2ccc(Br)cc2N2CCOCC2)ncc1[N+](=O)[O-]. The number of morpholine rings is 1. The third-order valence-corrected chi connectivity index (χ3v) is 4.63. The first-order valence-electron chi connectivity index (χ1n) is 8.00. The summed E-state index contributed by atoms with van der Waals surface area (Å²) in [5.74, 6) is 0.624. The van der Waals surface area contributed by atoms with Gasteiger partial charge < -0.3 is 15.0 Å². The summed E-state index contributed by atoms with van der Waals surface area (Å²) in [6.45, 7) is 5.47. The largest absolute Gasteiger partial charge is 0.378 e. The van der Waals surface area contributed by atoms with E-state index in [4.69, 9.17) is 4.74 Å². The van der Waals surface area contributed by atoms with Crippen LogP contribution < -0.4 is 10.2 Å². The molecule has 1 aromatic heterocycles. The summed E-state index contributed by atoms with van der Waals surface area (Å²) in [5, 5.41) is 14.1. The van der Waals surface area contributed by atoms with Gasteiger partial charge in [0.15, 0.2) is 0 Å². The molecule has 7 nitrogen and oxygen atoms in total. The normalized spacial score (nSPS) is 14.4. The van der Waals surface area contributed by atoms with Crippen molar-refractivity contribution < 1.29 is 9.66 Å². The molecule has 1 aromatic carbocycles. The highest BCUT2D eigenvalue weighted by molar-refractivity contribution is 9.10. The maximum Gasteiger partial charge on any atom is 0.290 e. The number of halogens is 1. The number of nitrogens with zero attached hydrogens (tertiary/aromatic N) is 3. The minimum absolute atomic E-state index is 0.0307. The summed E-state index contributed by atoms with van der Waals surface area (Å²) in [5.41, 5.74) is 2.92. The second-order valence-electron chi connectivity index (χ2n) is 5.84. The molecule has 0 saturated carbocycles. The zero-order valence-corrected chi connectivity index (χ0v) is 15.5. The van der Waals surface area contributed by atoms with E-state index in [0.717, 1.165) is 42.0 Å². The molecule has 0 aliphatic carbocycles. The van der Waals surface area contributed by atoms with Crippen molar-refractivity contribution in [1.29, 1.82) is 0 Å². The van der Waals surface area contributed by atoms with E-state index in [9.17, 15) is 10.1 Å². The fraction of sp³-hybridized carbons (Fsp3) is 0.353. The van der Waals surface area contributed by atoms with Crippen LogP contribution in [0.25, 0.3) is 0 Å². The standard InChI is InChI=1S/C17H19BrN4O3/c1-12-8-17(20-11-16(12)22(23)24)19-10-13-2-3-14(18)9-15(13)21-4-6-25-7-5-21/h2-3,8-9,11H,4-7,10H2,1H3,(H,19,20). The van der Waals surface area contributed by atoms with Crippen LogP contribution in [0.5, 0.6) is 0 Å². The molecule has 1 saturated heterocycles. The average molecular weight is 407 g/mol. The fourth-order valence-corrected chi connectivity index (χ4v) is 3.16. The number of rotatable bonds is 5. The number of ether oxygens (including phenoxy) is 1. The summed E-state index contributed by atoms with van der Waals surface area (Å²) >= 11 is 3.54. The van der Waals surface area contributed by atoms with Crippen molar-refractivity contribution in [2.75, 3.05) is 36.5 Å². The van der Waals surface area contributed by atoms with E-state index < -0.39 is 4.92 Å². The monoisotopic (exact) mass is 406 g/mol. The van der Waals surface area contributed by atoms with Gasteiger partial charge in [0.05, 0.1) is 18.1 Å². The van der Waals surface area contributed by atoms with E-state index in [1.807, 2.05) is 6.07 Å². The number of aryl methyl sites for hydroxylation is 1. The Morgan fingerprint density at radius 2 is 2.12 bits per heavy atom. The number of pyridine rings is 1. The Balaban J connectivity index is 1.77. The molecule has 1 N–H and O–H groups in total. The number of anilines is 2. The number of benzene rings is 1. The molecule has 8 heteroatoms. The first-order valence-corrected chi connectivity index (χ1v) is 8.80. The molecule has 2 heterocycles. The van der Waals surface area contributed by atoms with Gasteiger partial charge in [-0.15, -0.1) is 0 Å². The molecule has 25 heavy (non-hydrogen) atoms. The highest BCUT2D eigenvalue weighted by atomic mass is 79.9. The van der Waals surface area contributed by atoms with Crippen molar-refractivity contribution in [1.82, 2.24) is 4.98 Å². The molecule has 3 rings (SSSR count). The van der Waals surface area contributed by atoms with Gasteiger partial charge >= 0.3 is 0 Å². The first kappa shape index (κ1) is 17.6. The molecule has 0 radical (unpaired) electrons. The van der Waals surface area contributed by atoms with E-state index in [1.54, 1.807) is 13.0 Å². The second-order valence-corrected chi connectivity index (χ2v) is 6.75. The van der Waals surface area contributed by atoms with Crippen LogP contribution in [0.15, 0.2) is 34.9 Å². The Hall–Kier alpha value is -2.19. The molecule has 1 aliphatic heterocycles. The summed E-state index contributed by atoms with van der Waals surface area (Å²) in [6, 6.07) is 7.89. The van der Waals surface area contributed by atoms with Gasteiger partial charge in [-0.1, -0.05) is 22.0 Å². The highest BCUT2D eigenvalue weighted by Gasteiger charge is 2.16. The molecule has 0 bridgehead atoms. The van der Waals surface area contributed by atoms with Crippen LogP contribution in [0.3, 0.4) is 0 Å². The van der Waals surface area contributed by atoms with Crippen molar-refractivity contribution in [3.63, 3.8) is 0 Å². The summed E-state index contributed by atoms with van der Waals surface area (Å²) in [6.07, 6.45) is 1.29. The lowest BCUT2D eigenvalue weighted by molar-refractivity contribution is -0.385. The average Bonchev–Trinajstić information content (AvgIpc) is 2.61. The lowest BCUT2D eigenvalue weighted by Crippen LogP contribution is -2.36. The predicted molar refractivity (Wildman–Crippen MR) is 100 cm³/mol. The quantitative estimate of drug-likeness (QED) is 0.604. The molecule has 1 aliphatic rings. The third-order valence-electron chi connectivity index (χ3n) is 4.14. The Morgan fingerprint density at radius 3 is 2.80 bits per heavy atom. The van der Waals surface area contributed by atoms with E-state index in [-0.39, 0.29) is 5.69 Å². The van der Waals surface area contributed by atoms with Crippen LogP contribution in [0.2, 0.25) is 0 Å². The Bertz CT molecular complexity index is 778.